The maximum Gasteiger partial charge on any atom is 0.248 e. The van der Waals surface area contributed by atoms with Gasteiger partial charge in [0.15, 0.2) is 5.78 Å². The van der Waals surface area contributed by atoms with E-state index in [-0.39, 0.29) is 37.1 Å². The Morgan fingerprint density at radius 3 is 2.79 bits per heavy atom. The zero-order valence-electron chi connectivity index (χ0n) is 7.97. The van der Waals surface area contributed by atoms with Crippen molar-refractivity contribution in [2.75, 3.05) is 13.2 Å². The molecule has 0 amide bonds. The van der Waals surface area contributed by atoms with Gasteiger partial charge in [-0.25, -0.2) is 8.78 Å². The fourth-order valence-electron chi connectivity index (χ4n) is 2.36. The lowest BCUT2D eigenvalue weighted by Crippen LogP contribution is -2.16. The third-order valence-electron chi connectivity index (χ3n) is 3.14. The first kappa shape index (κ1) is 10.0. The molecule has 1 aliphatic heterocycles. The lowest BCUT2D eigenvalue weighted by Gasteiger charge is -2.13. The molecular weight excluding hydrogens is 190 g/mol. The summed E-state index contributed by atoms with van der Waals surface area (Å²) < 4.78 is 30.7. The third-order valence-corrected chi connectivity index (χ3v) is 3.14. The van der Waals surface area contributed by atoms with Crippen LogP contribution in [0.2, 0.25) is 0 Å². The molecule has 1 saturated carbocycles. The summed E-state index contributed by atoms with van der Waals surface area (Å²) in [5.41, 5.74) is 0. The van der Waals surface area contributed by atoms with Gasteiger partial charge in [0.25, 0.3) is 0 Å². The van der Waals surface area contributed by atoms with Crippen LogP contribution in [-0.2, 0) is 9.53 Å². The molecule has 1 aliphatic carbocycles. The Hall–Kier alpha value is -0.510. The quantitative estimate of drug-likeness (QED) is 0.688. The van der Waals surface area contributed by atoms with Crippen molar-refractivity contribution in [1.82, 2.24) is 0 Å². The number of carbonyl (C=O) groups is 1. The molecule has 1 saturated heterocycles. The maximum absolute atomic E-state index is 12.8. The summed E-state index contributed by atoms with van der Waals surface area (Å²) in [5.74, 6) is -2.51. The van der Waals surface area contributed by atoms with Crippen molar-refractivity contribution >= 4 is 5.78 Å². The number of ether oxygens (including phenoxy) is 1. The first-order chi connectivity index (χ1) is 6.57. The topological polar surface area (TPSA) is 26.3 Å². The van der Waals surface area contributed by atoms with Crippen LogP contribution in [-0.4, -0.2) is 24.9 Å². The van der Waals surface area contributed by atoms with Gasteiger partial charge in [0, 0.05) is 18.8 Å². The molecule has 2 atom stereocenters. The van der Waals surface area contributed by atoms with Crippen LogP contribution in [0, 0.1) is 11.8 Å². The maximum atomic E-state index is 12.8. The highest BCUT2D eigenvalue weighted by molar-refractivity contribution is 5.83. The molecule has 0 radical (unpaired) electrons. The van der Waals surface area contributed by atoms with Crippen molar-refractivity contribution in [3.05, 3.63) is 0 Å². The predicted octanol–water partition coefficient (Wildman–Crippen LogP) is 2.03. The highest BCUT2D eigenvalue weighted by Gasteiger charge is 2.41. The van der Waals surface area contributed by atoms with Gasteiger partial charge >= 0.3 is 0 Å². The molecule has 0 aromatic heterocycles. The smallest absolute Gasteiger partial charge is 0.248 e. The first-order valence-corrected chi connectivity index (χ1v) is 5.05. The molecule has 80 valence electrons. The zero-order chi connectivity index (χ0) is 10.2. The lowest BCUT2D eigenvalue weighted by atomic mass is 9.92. The highest BCUT2D eigenvalue weighted by atomic mass is 19.3. The molecule has 2 unspecified atom stereocenters. The van der Waals surface area contributed by atoms with Gasteiger partial charge in [0.2, 0.25) is 5.92 Å². The summed E-state index contributed by atoms with van der Waals surface area (Å²) >= 11 is 0. The van der Waals surface area contributed by atoms with E-state index >= 15 is 0 Å². The molecule has 14 heavy (non-hydrogen) atoms. The molecule has 0 aromatic carbocycles. The van der Waals surface area contributed by atoms with Crippen molar-refractivity contribution < 1.29 is 18.3 Å². The molecule has 2 fully saturated rings. The Morgan fingerprint density at radius 1 is 1.50 bits per heavy atom. The SMILES string of the molecule is O=C1COCC1CC1CCC(F)(F)C1. The van der Waals surface area contributed by atoms with Gasteiger partial charge < -0.3 is 4.74 Å². The van der Waals surface area contributed by atoms with Gasteiger partial charge in [-0.05, 0) is 18.8 Å². The Balaban J connectivity index is 1.84. The Morgan fingerprint density at radius 2 is 2.29 bits per heavy atom. The van der Waals surface area contributed by atoms with Crippen LogP contribution in [0.5, 0.6) is 0 Å². The van der Waals surface area contributed by atoms with E-state index in [4.69, 9.17) is 4.74 Å². The van der Waals surface area contributed by atoms with E-state index in [1.165, 1.54) is 0 Å². The van der Waals surface area contributed by atoms with E-state index in [1.807, 2.05) is 0 Å². The number of alkyl halides is 2. The molecule has 0 spiro atoms. The number of Topliss-reactive ketones (excluding diaryl/α,β-unsaturated/α-hetero) is 1. The summed E-state index contributed by atoms with van der Waals surface area (Å²) in [7, 11) is 0. The van der Waals surface area contributed by atoms with Crippen LogP contribution in [0.15, 0.2) is 0 Å². The summed E-state index contributed by atoms with van der Waals surface area (Å²) in [6.45, 7) is 0.606. The van der Waals surface area contributed by atoms with Gasteiger partial charge in [-0.15, -0.1) is 0 Å². The van der Waals surface area contributed by atoms with Gasteiger partial charge in [-0.3, -0.25) is 4.79 Å². The van der Waals surface area contributed by atoms with Crippen molar-refractivity contribution in [3.8, 4) is 0 Å². The first-order valence-electron chi connectivity index (χ1n) is 5.05. The summed E-state index contributed by atoms with van der Waals surface area (Å²) in [4.78, 5) is 11.2. The van der Waals surface area contributed by atoms with Crippen molar-refractivity contribution in [1.29, 1.82) is 0 Å². The van der Waals surface area contributed by atoms with Crippen molar-refractivity contribution in [3.63, 3.8) is 0 Å². The Bertz CT molecular complexity index is 240. The van der Waals surface area contributed by atoms with Crippen LogP contribution in [0.4, 0.5) is 8.78 Å². The Kier molecular flexibility index (Phi) is 2.56. The lowest BCUT2D eigenvalue weighted by molar-refractivity contribution is -0.120. The molecule has 2 aliphatic rings. The zero-order valence-corrected chi connectivity index (χ0v) is 7.97. The average Bonchev–Trinajstić information content (AvgIpc) is 2.61. The van der Waals surface area contributed by atoms with Gasteiger partial charge in [0.1, 0.15) is 6.61 Å². The summed E-state index contributed by atoms with van der Waals surface area (Å²) in [5, 5.41) is 0. The largest absolute Gasteiger partial charge is 0.373 e. The monoisotopic (exact) mass is 204 g/mol. The summed E-state index contributed by atoms with van der Waals surface area (Å²) in [6, 6.07) is 0. The number of hydrogen-bond acceptors (Lipinski definition) is 2. The number of ketones is 1. The number of carbonyl (C=O) groups excluding carboxylic acids is 1. The normalized spacial score (nSPS) is 36.6. The Labute approximate surface area is 81.6 Å². The fraction of sp³-hybridized carbons (Fsp3) is 0.900. The van der Waals surface area contributed by atoms with E-state index in [1.54, 1.807) is 0 Å². The third kappa shape index (κ3) is 2.11. The van der Waals surface area contributed by atoms with Gasteiger partial charge in [-0.1, -0.05) is 0 Å². The second-order valence-electron chi connectivity index (χ2n) is 4.38. The standard InChI is InChI=1S/C10H14F2O2/c11-10(12)2-1-7(4-10)3-8-5-14-6-9(8)13/h7-8H,1-6H2. The molecule has 2 rings (SSSR count). The van der Waals surface area contributed by atoms with Crippen LogP contribution in [0.25, 0.3) is 0 Å². The van der Waals surface area contributed by atoms with E-state index in [2.05, 4.69) is 0 Å². The highest BCUT2D eigenvalue weighted by Crippen LogP contribution is 2.41. The fourth-order valence-corrected chi connectivity index (χ4v) is 2.36. The van der Waals surface area contributed by atoms with Crippen LogP contribution in [0.1, 0.15) is 25.7 Å². The van der Waals surface area contributed by atoms with E-state index < -0.39 is 5.92 Å². The minimum Gasteiger partial charge on any atom is -0.373 e. The van der Waals surface area contributed by atoms with Crippen molar-refractivity contribution in [2.45, 2.75) is 31.6 Å². The second kappa shape index (κ2) is 3.57. The molecule has 4 heteroatoms. The van der Waals surface area contributed by atoms with Gasteiger partial charge in [0.05, 0.1) is 6.61 Å². The summed E-state index contributed by atoms with van der Waals surface area (Å²) in [6.07, 6.45) is 1.08. The molecule has 0 bridgehead atoms. The molecular formula is C10H14F2O2. The van der Waals surface area contributed by atoms with E-state index in [9.17, 15) is 13.6 Å². The molecule has 0 aromatic rings. The number of hydrogen-bond donors (Lipinski definition) is 0. The van der Waals surface area contributed by atoms with Crippen molar-refractivity contribution in [2.24, 2.45) is 11.8 Å². The van der Waals surface area contributed by atoms with Crippen LogP contribution in [0.3, 0.4) is 0 Å². The molecule has 1 heterocycles. The average molecular weight is 204 g/mol. The van der Waals surface area contributed by atoms with Crippen LogP contribution >= 0.6 is 0 Å². The minimum absolute atomic E-state index is 0.0145. The molecule has 0 N–H and O–H groups in total. The second-order valence-corrected chi connectivity index (χ2v) is 4.38. The number of rotatable bonds is 2. The number of halogens is 2. The minimum atomic E-state index is -2.49. The molecule has 2 nitrogen and oxygen atoms in total. The van der Waals surface area contributed by atoms with E-state index in [0.29, 0.717) is 19.4 Å². The van der Waals surface area contributed by atoms with E-state index in [0.717, 1.165) is 0 Å². The van der Waals surface area contributed by atoms with Crippen LogP contribution < -0.4 is 0 Å². The predicted molar refractivity (Wildman–Crippen MR) is 46.2 cm³/mol. The van der Waals surface area contributed by atoms with Gasteiger partial charge in [-0.2, -0.15) is 0 Å².